The van der Waals surface area contributed by atoms with E-state index in [9.17, 15) is 17.6 Å². The number of benzene rings is 1. The SMILES string of the molecule is CNCc1ccc(F)c(CN2CC=C(C(F)(F)F)CC2)c1. The van der Waals surface area contributed by atoms with Crippen LogP contribution in [0.15, 0.2) is 29.8 Å². The highest BCUT2D eigenvalue weighted by atomic mass is 19.4. The molecule has 1 aromatic carbocycles. The summed E-state index contributed by atoms with van der Waals surface area (Å²) in [6, 6.07) is 4.87. The number of alkyl halides is 3. The molecule has 0 saturated heterocycles. The van der Waals surface area contributed by atoms with Gasteiger partial charge in [0.15, 0.2) is 0 Å². The molecule has 0 spiro atoms. The maximum atomic E-state index is 13.8. The van der Waals surface area contributed by atoms with Crippen LogP contribution in [0.25, 0.3) is 0 Å². The van der Waals surface area contributed by atoms with Gasteiger partial charge in [-0.1, -0.05) is 18.2 Å². The first kappa shape index (κ1) is 16.0. The Morgan fingerprint density at radius 1 is 1.29 bits per heavy atom. The van der Waals surface area contributed by atoms with Gasteiger partial charge in [-0.25, -0.2) is 4.39 Å². The summed E-state index contributed by atoms with van der Waals surface area (Å²) in [4.78, 5) is 1.82. The van der Waals surface area contributed by atoms with E-state index in [4.69, 9.17) is 0 Å². The van der Waals surface area contributed by atoms with E-state index in [2.05, 4.69) is 5.32 Å². The third kappa shape index (κ3) is 4.28. The zero-order chi connectivity index (χ0) is 15.5. The van der Waals surface area contributed by atoms with Gasteiger partial charge in [0.25, 0.3) is 0 Å². The molecule has 2 nitrogen and oxygen atoms in total. The molecule has 116 valence electrons. The summed E-state index contributed by atoms with van der Waals surface area (Å²) in [5.74, 6) is -0.319. The fourth-order valence-corrected chi connectivity index (χ4v) is 2.42. The lowest BCUT2D eigenvalue weighted by Crippen LogP contribution is -2.31. The van der Waals surface area contributed by atoms with E-state index in [1.165, 1.54) is 12.1 Å². The Labute approximate surface area is 121 Å². The molecule has 0 fully saturated rings. The maximum Gasteiger partial charge on any atom is 0.412 e. The van der Waals surface area contributed by atoms with Crippen LogP contribution in [-0.4, -0.2) is 31.2 Å². The van der Waals surface area contributed by atoms with Crippen LogP contribution in [0.5, 0.6) is 0 Å². The Morgan fingerprint density at radius 3 is 2.62 bits per heavy atom. The molecule has 0 aromatic heterocycles. The Hall–Kier alpha value is -1.40. The van der Waals surface area contributed by atoms with Crippen molar-refractivity contribution < 1.29 is 17.6 Å². The minimum absolute atomic E-state index is 0.0404. The Balaban J connectivity index is 2.03. The van der Waals surface area contributed by atoms with E-state index in [1.54, 1.807) is 19.2 Å². The molecule has 0 atom stereocenters. The van der Waals surface area contributed by atoms with Gasteiger partial charge >= 0.3 is 6.18 Å². The number of hydrogen-bond acceptors (Lipinski definition) is 2. The Kier molecular flexibility index (Phi) is 5.00. The lowest BCUT2D eigenvalue weighted by atomic mass is 10.1. The summed E-state index contributed by atoms with van der Waals surface area (Å²) < 4.78 is 51.4. The molecule has 0 unspecified atom stereocenters. The molecule has 2 rings (SSSR count). The van der Waals surface area contributed by atoms with E-state index >= 15 is 0 Å². The van der Waals surface area contributed by atoms with Gasteiger partial charge in [-0.05, 0) is 25.1 Å². The van der Waals surface area contributed by atoms with Gasteiger partial charge in [-0.15, -0.1) is 0 Å². The average molecular weight is 302 g/mol. The van der Waals surface area contributed by atoms with E-state index in [-0.39, 0.29) is 18.8 Å². The first-order chi connectivity index (χ1) is 9.90. The van der Waals surface area contributed by atoms with Crippen molar-refractivity contribution in [3.63, 3.8) is 0 Å². The molecule has 21 heavy (non-hydrogen) atoms. The number of hydrogen-bond donors (Lipinski definition) is 1. The number of nitrogens with zero attached hydrogens (tertiary/aromatic N) is 1. The molecule has 1 aliphatic heterocycles. The minimum Gasteiger partial charge on any atom is -0.316 e. The van der Waals surface area contributed by atoms with Crippen LogP contribution >= 0.6 is 0 Å². The van der Waals surface area contributed by atoms with Crippen LogP contribution in [0.1, 0.15) is 17.5 Å². The second-order valence-corrected chi connectivity index (χ2v) is 5.17. The topological polar surface area (TPSA) is 15.3 Å². The zero-order valence-corrected chi connectivity index (χ0v) is 11.8. The van der Waals surface area contributed by atoms with Gasteiger partial charge in [0.1, 0.15) is 5.82 Å². The van der Waals surface area contributed by atoms with Gasteiger partial charge in [0.2, 0.25) is 0 Å². The van der Waals surface area contributed by atoms with Crippen molar-refractivity contribution in [1.29, 1.82) is 0 Å². The Morgan fingerprint density at radius 2 is 2.05 bits per heavy atom. The number of nitrogens with one attached hydrogen (secondary N) is 1. The van der Waals surface area contributed by atoms with E-state index < -0.39 is 11.7 Å². The Bertz CT molecular complexity index is 523. The quantitative estimate of drug-likeness (QED) is 0.678. The largest absolute Gasteiger partial charge is 0.412 e. The zero-order valence-electron chi connectivity index (χ0n) is 11.8. The highest BCUT2D eigenvalue weighted by Crippen LogP contribution is 2.30. The van der Waals surface area contributed by atoms with Crippen molar-refractivity contribution in [3.8, 4) is 0 Å². The second kappa shape index (κ2) is 6.58. The smallest absolute Gasteiger partial charge is 0.316 e. The fraction of sp³-hybridized carbons (Fsp3) is 0.467. The van der Waals surface area contributed by atoms with Crippen molar-refractivity contribution in [1.82, 2.24) is 10.2 Å². The lowest BCUT2D eigenvalue weighted by molar-refractivity contribution is -0.0960. The first-order valence-electron chi connectivity index (χ1n) is 6.80. The minimum atomic E-state index is -4.25. The van der Waals surface area contributed by atoms with E-state index in [1.807, 2.05) is 4.90 Å². The summed E-state index contributed by atoms with van der Waals surface area (Å²) in [6.45, 7) is 1.45. The van der Waals surface area contributed by atoms with Gasteiger partial charge < -0.3 is 5.32 Å². The molecule has 1 aromatic rings. The maximum absolute atomic E-state index is 13.8. The lowest BCUT2D eigenvalue weighted by Gasteiger charge is -2.27. The molecule has 1 aliphatic rings. The third-order valence-electron chi connectivity index (χ3n) is 3.54. The third-order valence-corrected chi connectivity index (χ3v) is 3.54. The molecule has 0 bridgehead atoms. The van der Waals surface area contributed by atoms with Crippen LogP contribution in [0, 0.1) is 5.82 Å². The van der Waals surface area contributed by atoms with Crippen molar-refractivity contribution in [2.24, 2.45) is 0 Å². The summed E-state index contributed by atoms with van der Waals surface area (Å²) in [7, 11) is 1.80. The van der Waals surface area contributed by atoms with Crippen LogP contribution < -0.4 is 5.32 Å². The molecule has 0 aliphatic carbocycles. The fourth-order valence-electron chi connectivity index (χ4n) is 2.42. The molecular formula is C15H18F4N2. The molecule has 0 amide bonds. The van der Waals surface area contributed by atoms with Crippen LogP contribution in [-0.2, 0) is 13.1 Å². The highest BCUT2D eigenvalue weighted by molar-refractivity contribution is 5.25. The van der Waals surface area contributed by atoms with Gasteiger partial charge in [0, 0.05) is 37.3 Å². The molecule has 0 radical (unpaired) electrons. The van der Waals surface area contributed by atoms with Crippen LogP contribution in [0.3, 0.4) is 0 Å². The molecule has 1 N–H and O–H groups in total. The second-order valence-electron chi connectivity index (χ2n) is 5.17. The summed E-state index contributed by atoms with van der Waals surface area (Å²) in [5.41, 5.74) is 0.993. The normalized spacial score (nSPS) is 16.9. The van der Waals surface area contributed by atoms with Crippen molar-refractivity contribution in [3.05, 3.63) is 46.8 Å². The predicted molar refractivity (Wildman–Crippen MR) is 73.2 cm³/mol. The molecule has 6 heteroatoms. The van der Waals surface area contributed by atoms with Gasteiger partial charge in [-0.3, -0.25) is 4.90 Å². The predicted octanol–water partition coefficient (Wildman–Crippen LogP) is 3.24. The summed E-state index contributed by atoms with van der Waals surface area (Å²) >= 11 is 0. The standard InChI is InChI=1S/C15H18F4N2/c1-20-9-11-2-3-14(16)12(8-11)10-21-6-4-13(5-7-21)15(17,18)19/h2-4,8,20H,5-7,9-10H2,1H3. The highest BCUT2D eigenvalue weighted by Gasteiger charge is 2.34. The molecular weight excluding hydrogens is 284 g/mol. The van der Waals surface area contributed by atoms with Crippen LogP contribution in [0.2, 0.25) is 0 Å². The summed E-state index contributed by atoms with van der Waals surface area (Å²) in [5, 5.41) is 2.99. The van der Waals surface area contributed by atoms with Gasteiger partial charge in [-0.2, -0.15) is 13.2 Å². The number of rotatable bonds is 4. The summed E-state index contributed by atoms with van der Waals surface area (Å²) in [6.07, 6.45) is -3.09. The van der Waals surface area contributed by atoms with Crippen molar-refractivity contribution in [2.75, 3.05) is 20.1 Å². The first-order valence-corrected chi connectivity index (χ1v) is 6.80. The van der Waals surface area contributed by atoms with Crippen LogP contribution in [0.4, 0.5) is 17.6 Å². The van der Waals surface area contributed by atoms with E-state index in [0.29, 0.717) is 25.2 Å². The van der Waals surface area contributed by atoms with Crippen molar-refractivity contribution >= 4 is 0 Å². The number of halogens is 4. The van der Waals surface area contributed by atoms with Gasteiger partial charge in [0.05, 0.1) is 0 Å². The molecule has 0 saturated carbocycles. The van der Waals surface area contributed by atoms with Crippen molar-refractivity contribution in [2.45, 2.75) is 25.7 Å². The van der Waals surface area contributed by atoms with E-state index in [0.717, 1.165) is 5.56 Å². The molecule has 1 heterocycles. The monoisotopic (exact) mass is 302 g/mol. The average Bonchev–Trinajstić information content (AvgIpc) is 2.42.